The summed E-state index contributed by atoms with van der Waals surface area (Å²) in [6.45, 7) is 4.03. The summed E-state index contributed by atoms with van der Waals surface area (Å²) in [7, 11) is 0. The smallest absolute Gasteiger partial charge is 0.161 e. The predicted molar refractivity (Wildman–Crippen MR) is 93.7 cm³/mol. The monoisotopic (exact) mass is 346 g/mol. The third-order valence-electron chi connectivity index (χ3n) is 8.44. The van der Waals surface area contributed by atoms with Crippen LogP contribution in [0.3, 0.4) is 0 Å². The topological polar surface area (TPSA) is 74.6 Å². The lowest BCUT2D eigenvalue weighted by Gasteiger charge is -2.59. The molecule has 0 aliphatic heterocycles. The molecular weight excluding hydrogens is 316 g/mol. The second-order valence-corrected chi connectivity index (χ2v) is 9.42. The minimum Gasteiger partial charge on any atom is -0.393 e. The zero-order valence-corrected chi connectivity index (χ0v) is 15.3. The Morgan fingerprint density at radius 1 is 1.24 bits per heavy atom. The van der Waals surface area contributed by atoms with Crippen molar-refractivity contribution in [3.63, 3.8) is 0 Å². The average Bonchev–Trinajstić information content (AvgIpc) is 2.91. The Kier molecular flexibility index (Phi) is 4.01. The number of hydrogen-bond acceptors (Lipinski definition) is 4. The van der Waals surface area contributed by atoms with E-state index in [-0.39, 0.29) is 40.8 Å². The fourth-order valence-corrected chi connectivity index (χ4v) is 7.33. The summed E-state index contributed by atoms with van der Waals surface area (Å²) in [5.74, 6) is 1.12. The predicted octanol–water partition coefficient (Wildman–Crippen LogP) is 2.67. The van der Waals surface area contributed by atoms with Gasteiger partial charge < -0.3 is 10.2 Å². The van der Waals surface area contributed by atoms with Gasteiger partial charge in [0, 0.05) is 12.3 Å². The van der Waals surface area contributed by atoms with Gasteiger partial charge in [0.05, 0.1) is 6.10 Å². The Morgan fingerprint density at radius 3 is 2.72 bits per heavy atom. The molecule has 4 aliphatic carbocycles. The highest BCUT2D eigenvalue weighted by Gasteiger charge is 2.62. The summed E-state index contributed by atoms with van der Waals surface area (Å²) >= 11 is 0. The Labute approximate surface area is 149 Å². The number of aliphatic hydroxyl groups excluding tert-OH is 2. The van der Waals surface area contributed by atoms with Crippen LogP contribution in [0.5, 0.6) is 0 Å². The van der Waals surface area contributed by atoms with Gasteiger partial charge in [-0.3, -0.25) is 9.59 Å². The zero-order chi connectivity index (χ0) is 18.0. The van der Waals surface area contributed by atoms with E-state index in [0.717, 1.165) is 32.1 Å². The number of fused-ring (bicyclic) bond motifs is 5. The maximum atomic E-state index is 12.3. The first kappa shape index (κ1) is 17.4. The highest BCUT2D eigenvalue weighted by atomic mass is 16.3. The summed E-state index contributed by atoms with van der Waals surface area (Å²) in [6, 6.07) is 0. The van der Waals surface area contributed by atoms with E-state index >= 15 is 0 Å². The first-order chi connectivity index (χ1) is 11.8. The highest BCUT2D eigenvalue weighted by molar-refractivity contribution is 5.91. The van der Waals surface area contributed by atoms with Crippen LogP contribution in [-0.2, 0) is 9.59 Å². The molecule has 4 heteroatoms. The van der Waals surface area contributed by atoms with Crippen molar-refractivity contribution in [3.05, 3.63) is 11.6 Å². The van der Waals surface area contributed by atoms with E-state index in [1.165, 1.54) is 5.57 Å². The average molecular weight is 346 g/mol. The number of hydrogen-bond donors (Lipinski definition) is 2. The summed E-state index contributed by atoms with van der Waals surface area (Å²) < 4.78 is 0. The normalized spacial score (nSPS) is 49.0. The molecule has 3 fully saturated rings. The Balaban J connectivity index is 1.70. The lowest BCUT2D eigenvalue weighted by atomic mass is 9.46. The van der Waals surface area contributed by atoms with Gasteiger partial charge in [0.2, 0.25) is 0 Å². The Bertz CT molecular complexity index is 638. The number of aliphatic hydroxyl groups is 2. The van der Waals surface area contributed by atoms with E-state index in [4.69, 9.17) is 0 Å². The van der Waals surface area contributed by atoms with E-state index in [1.807, 2.05) is 6.08 Å². The van der Waals surface area contributed by atoms with Crippen molar-refractivity contribution in [2.45, 2.75) is 64.9 Å². The molecule has 0 heterocycles. The number of carbonyl (C=O) groups is 2. The minimum atomic E-state index is -0.430. The highest BCUT2D eigenvalue weighted by Crippen LogP contribution is 2.66. The third kappa shape index (κ3) is 2.33. The Morgan fingerprint density at radius 2 is 2.00 bits per heavy atom. The molecule has 0 aromatic carbocycles. The molecular formula is C21H30O4. The lowest BCUT2D eigenvalue weighted by Crippen LogP contribution is -2.57. The van der Waals surface area contributed by atoms with Crippen LogP contribution in [-0.4, -0.2) is 34.5 Å². The van der Waals surface area contributed by atoms with Gasteiger partial charge in [0.25, 0.3) is 0 Å². The molecule has 3 saturated carbocycles. The van der Waals surface area contributed by atoms with Crippen molar-refractivity contribution in [1.82, 2.24) is 0 Å². The molecule has 0 aromatic heterocycles. The number of allylic oxidation sites excluding steroid dienone is 1. The first-order valence-corrected chi connectivity index (χ1v) is 9.87. The molecule has 4 rings (SSSR count). The molecule has 0 unspecified atom stereocenters. The molecule has 7 atom stereocenters. The molecule has 2 N–H and O–H groups in total. The van der Waals surface area contributed by atoms with E-state index < -0.39 is 6.10 Å². The minimum absolute atomic E-state index is 0.0541. The van der Waals surface area contributed by atoms with Crippen LogP contribution < -0.4 is 0 Å². The molecule has 4 aliphatic rings. The van der Waals surface area contributed by atoms with Crippen LogP contribution in [0.4, 0.5) is 0 Å². The van der Waals surface area contributed by atoms with Crippen molar-refractivity contribution in [2.75, 3.05) is 6.61 Å². The summed E-state index contributed by atoms with van der Waals surface area (Å²) in [5.41, 5.74) is 0.979. The molecule has 0 aromatic rings. The second-order valence-electron chi connectivity index (χ2n) is 9.42. The molecule has 0 amide bonds. The molecule has 25 heavy (non-hydrogen) atoms. The van der Waals surface area contributed by atoms with Crippen LogP contribution in [0.1, 0.15) is 58.8 Å². The van der Waals surface area contributed by atoms with Crippen molar-refractivity contribution < 1.29 is 19.8 Å². The van der Waals surface area contributed by atoms with Gasteiger partial charge in [0.1, 0.15) is 6.61 Å². The number of rotatable bonds is 2. The number of ketones is 2. The van der Waals surface area contributed by atoms with Crippen LogP contribution in [0.2, 0.25) is 0 Å². The summed E-state index contributed by atoms with van der Waals surface area (Å²) in [4.78, 5) is 24.2. The van der Waals surface area contributed by atoms with E-state index in [9.17, 15) is 19.8 Å². The maximum absolute atomic E-state index is 12.3. The second kappa shape index (κ2) is 5.75. The third-order valence-corrected chi connectivity index (χ3v) is 8.44. The van der Waals surface area contributed by atoms with Crippen LogP contribution in [0, 0.1) is 34.5 Å². The molecule has 4 nitrogen and oxygen atoms in total. The van der Waals surface area contributed by atoms with Gasteiger partial charge >= 0.3 is 0 Å². The van der Waals surface area contributed by atoms with Crippen LogP contribution in [0.25, 0.3) is 0 Å². The molecule has 0 spiro atoms. The molecule has 0 radical (unpaired) electrons. The lowest BCUT2D eigenvalue weighted by molar-refractivity contribution is -0.146. The van der Waals surface area contributed by atoms with E-state index in [1.54, 1.807) is 0 Å². The van der Waals surface area contributed by atoms with Gasteiger partial charge in [0.15, 0.2) is 11.6 Å². The van der Waals surface area contributed by atoms with Gasteiger partial charge in [-0.1, -0.05) is 19.4 Å². The van der Waals surface area contributed by atoms with E-state index in [2.05, 4.69) is 13.8 Å². The quantitative estimate of drug-likeness (QED) is 0.806. The van der Waals surface area contributed by atoms with Gasteiger partial charge in [-0.15, -0.1) is 0 Å². The first-order valence-electron chi connectivity index (χ1n) is 9.87. The maximum Gasteiger partial charge on any atom is 0.161 e. The van der Waals surface area contributed by atoms with Gasteiger partial charge in [-0.25, -0.2) is 0 Å². The molecule has 0 saturated heterocycles. The van der Waals surface area contributed by atoms with Crippen LogP contribution >= 0.6 is 0 Å². The largest absolute Gasteiger partial charge is 0.393 e. The van der Waals surface area contributed by atoms with Crippen molar-refractivity contribution in [1.29, 1.82) is 0 Å². The summed E-state index contributed by atoms with van der Waals surface area (Å²) in [6.07, 6.45) is 7.32. The van der Waals surface area contributed by atoms with Crippen molar-refractivity contribution >= 4 is 11.6 Å². The Hall–Kier alpha value is -1.00. The fraction of sp³-hybridized carbons (Fsp3) is 0.810. The van der Waals surface area contributed by atoms with Gasteiger partial charge in [-0.2, -0.15) is 0 Å². The molecule has 0 bridgehead atoms. The van der Waals surface area contributed by atoms with E-state index in [0.29, 0.717) is 24.7 Å². The zero-order valence-electron chi connectivity index (χ0n) is 15.3. The SMILES string of the molecule is C[C@]12C[C@@H](O)[C@@H]3[C@H](CCC4=CC(=O)CC[C@]43C)[C@@H]1CC[C@H]2C(=O)CO. The van der Waals surface area contributed by atoms with Crippen LogP contribution in [0.15, 0.2) is 11.6 Å². The number of Topliss-reactive ketones (excluding diaryl/α,β-unsaturated/α-hetero) is 1. The standard InChI is InChI=1S/C21H30O4/c1-20-8-7-13(23)9-12(20)3-4-14-15-5-6-16(18(25)11-22)21(15,2)10-17(24)19(14)20/h9,14-17,19,22,24H,3-8,10-11H2,1-2H3/t14-,15+,16+,17-,19+,20-,21+/m1/s1. The van der Waals surface area contributed by atoms with Gasteiger partial charge in [-0.05, 0) is 73.2 Å². The molecule has 138 valence electrons. The summed E-state index contributed by atoms with van der Waals surface area (Å²) in [5, 5.41) is 20.5. The number of carbonyl (C=O) groups excluding carboxylic acids is 2. The van der Waals surface area contributed by atoms with Crippen molar-refractivity contribution in [3.8, 4) is 0 Å². The fourth-order valence-electron chi connectivity index (χ4n) is 7.33. The van der Waals surface area contributed by atoms with Crippen molar-refractivity contribution in [2.24, 2.45) is 34.5 Å².